The van der Waals surface area contributed by atoms with Crippen LogP contribution in [-0.2, 0) is 4.79 Å². The molecule has 0 bridgehead atoms. The molecule has 0 atom stereocenters. The van der Waals surface area contributed by atoms with Gasteiger partial charge in [-0.05, 0) is 6.08 Å². The first-order valence-electron chi connectivity index (χ1n) is 1.71. The summed E-state index contributed by atoms with van der Waals surface area (Å²) < 4.78 is 0. The lowest BCUT2D eigenvalue weighted by molar-refractivity contribution is -0.297. The SMILES string of the molecule is O=C([O-])/C=C/CBr. The van der Waals surface area contributed by atoms with E-state index >= 15 is 0 Å². The van der Waals surface area contributed by atoms with E-state index in [1.54, 1.807) is 0 Å². The molecule has 0 aliphatic heterocycles. The molecule has 0 radical (unpaired) electrons. The lowest BCUT2D eigenvalue weighted by Gasteiger charge is -1.85. The van der Waals surface area contributed by atoms with E-state index in [-0.39, 0.29) is 0 Å². The Hall–Kier alpha value is -0.310. The van der Waals surface area contributed by atoms with Gasteiger partial charge < -0.3 is 9.90 Å². The van der Waals surface area contributed by atoms with Crippen molar-refractivity contribution >= 4 is 21.9 Å². The van der Waals surface area contributed by atoms with Gasteiger partial charge in [-0.3, -0.25) is 0 Å². The largest absolute Gasteiger partial charge is 0.545 e. The minimum atomic E-state index is -1.15. The average molecular weight is 164 g/mol. The van der Waals surface area contributed by atoms with Crippen LogP contribution in [0.3, 0.4) is 0 Å². The van der Waals surface area contributed by atoms with Crippen molar-refractivity contribution in [1.29, 1.82) is 0 Å². The maximum atomic E-state index is 9.54. The Labute approximate surface area is 50.0 Å². The fraction of sp³-hybridized carbons (Fsp3) is 0.250. The average Bonchev–Trinajstić information content (AvgIpc) is 1.61. The smallest absolute Gasteiger partial charge is 0.0639 e. The summed E-state index contributed by atoms with van der Waals surface area (Å²) in [5.41, 5.74) is 0. The maximum absolute atomic E-state index is 9.54. The highest BCUT2D eigenvalue weighted by Crippen LogP contribution is 1.78. The van der Waals surface area contributed by atoms with Crippen LogP contribution in [-0.4, -0.2) is 11.3 Å². The molecule has 0 aromatic carbocycles. The van der Waals surface area contributed by atoms with Crippen molar-refractivity contribution in [3.05, 3.63) is 12.2 Å². The molecular weight excluding hydrogens is 160 g/mol. The summed E-state index contributed by atoms with van der Waals surface area (Å²) in [5, 5.41) is 10.1. The molecule has 3 heteroatoms. The number of alkyl halides is 1. The molecule has 0 aliphatic rings. The van der Waals surface area contributed by atoms with Gasteiger partial charge in [0.25, 0.3) is 0 Å². The standard InChI is InChI=1S/C4H5BrO2/c5-3-1-2-4(6)7/h1-2H,3H2,(H,6,7)/p-1/b2-1+. The Bertz CT molecular complexity index is 87.7. The number of carboxylic acid groups (broad SMARTS) is 1. The van der Waals surface area contributed by atoms with Crippen LogP contribution in [0.4, 0.5) is 0 Å². The fourth-order valence-electron chi connectivity index (χ4n) is 0.141. The Morgan fingerprint density at radius 1 is 1.86 bits per heavy atom. The van der Waals surface area contributed by atoms with E-state index in [1.807, 2.05) is 0 Å². The Morgan fingerprint density at radius 3 is 2.57 bits per heavy atom. The quantitative estimate of drug-likeness (QED) is 0.414. The van der Waals surface area contributed by atoms with E-state index in [2.05, 4.69) is 15.9 Å². The topological polar surface area (TPSA) is 40.1 Å². The molecule has 0 saturated carbocycles. The maximum Gasteiger partial charge on any atom is 0.0639 e. The molecule has 2 nitrogen and oxygen atoms in total. The summed E-state index contributed by atoms with van der Waals surface area (Å²) in [6, 6.07) is 0. The van der Waals surface area contributed by atoms with E-state index in [0.29, 0.717) is 5.33 Å². The zero-order valence-corrected chi connectivity index (χ0v) is 5.14. The monoisotopic (exact) mass is 163 g/mol. The summed E-state index contributed by atoms with van der Waals surface area (Å²) in [7, 11) is 0. The molecule has 0 spiro atoms. The number of carboxylic acids is 1. The molecule has 0 aliphatic carbocycles. The molecule has 0 amide bonds. The van der Waals surface area contributed by atoms with E-state index < -0.39 is 5.97 Å². The van der Waals surface area contributed by atoms with Gasteiger partial charge >= 0.3 is 0 Å². The van der Waals surface area contributed by atoms with Gasteiger partial charge in [0, 0.05) is 5.33 Å². The molecule has 0 unspecified atom stereocenters. The second kappa shape index (κ2) is 3.87. The zero-order chi connectivity index (χ0) is 5.70. The Balaban J connectivity index is 3.26. The number of allylic oxidation sites excluding steroid dienone is 1. The minimum Gasteiger partial charge on any atom is -0.545 e. The molecule has 0 rings (SSSR count). The summed E-state index contributed by atoms with van der Waals surface area (Å²) in [5.74, 6) is -1.15. The normalized spacial score (nSPS) is 9.86. The predicted molar refractivity (Wildman–Crippen MR) is 27.9 cm³/mol. The van der Waals surface area contributed by atoms with Crippen molar-refractivity contribution in [2.24, 2.45) is 0 Å². The van der Waals surface area contributed by atoms with Crippen molar-refractivity contribution in [2.75, 3.05) is 5.33 Å². The molecule has 0 N–H and O–H groups in total. The second-order valence-electron chi connectivity index (χ2n) is 0.876. The van der Waals surface area contributed by atoms with Gasteiger partial charge in [-0.2, -0.15) is 0 Å². The van der Waals surface area contributed by atoms with E-state index in [1.165, 1.54) is 6.08 Å². The molecule has 0 fully saturated rings. The van der Waals surface area contributed by atoms with Gasteiger partial charge in [-0.1, -0.05) is 22.0 Å². The molecule has 40 valence electrons. The Kier molecular flexibility index (Phi) is 3.69. The van der Waals surface area contributed by atoms with Crippen molar-refractivity contribution in [3.8, 4) is 0 Å². The van der Waals surface area contributed by atoms with Crippen molar-refractivity contribution in [2.45, 2.75) is 0 Å². The summed E-state index contributed by atoms with van der Waals surface area (Å²) >= 11 is 3.00. The van der Waals surface area contributed by atoms with Crippen LogP contribution >= 0.6 is 15.9 Å². The molecular formula is C4H4BrO2-. The number of carbonyl (C=O) groups is 1. The molecule has 0 heterocycles. The first kappa shape index (κ1) is 6.69. The van der Waals surface area contributed by atoms with Crippen molar-refractivity contribution in [1.82, 2.24) is 0 Å². The van der Waals surface area contributed by atoms with Crippen LogP contribution in [0, 0.1) is 0 Å². The summed E-state index contributed by atoms with van der Waals surface area (Å²) in [6.07, 6.45) is 2.43. The number of hydrogen-bond acceptors (Lipinski definition) is 2. The van der Waals surface area contributed by atoms with Crippen LogP contribution in [0.25, 0.3) is 0 Å². The third-order valence-corrected chi connectivity index (χ3v) is 0.717. The predicted octanol–water partition coefficient (Wildman–Crippen LogP) is -0.313. The number of halogens is 1. The van der Waals surface area contributed by atoms with Gasteiger partial charge in [-0.15, -0.1) is 0 Å². The van der Waals surface area contributed by atoms with Crippen molar-refractivity contribution in [3.63, 3.8) is 0 Å². The summed E-state index contributed by atoms with van der Waals surface area (Å²) in [6.45, 7) is 0. The molecule has 0 aromatic heterocycles. The van der Waals surface area contributed by atoms with Crippen LogP contribution < -0.4 is 5.11 Å². The minimum absolute atomic E-state index is 0.557. The van der Waals surface area contributed by atoms with Gasteiger partial charge in [0.15, 0.2) is 0 Å². The number of aliphatic carboxylic acids is 1. The first-order valence-corrected chi connectivity index (χ1v) is 2.83. The van der Waals surface area contributed by atoms with Gasteiger partial charge in [-0.25, -0.2) is 0 Å². The number of hydrogen-bond donors (Lipinski definition) is 0. The molecule has 0 aromatic rings. The van der Waals surface area contributed by atoms with E-state index in [9.17, 15) is 9.90 Å². The van der Waals surface area contributed by atoms with Crippen molar-refractivity contribution < 1.29 is 9.90 Å². The fourth-order valence-corrected chi connectivity index (χ4v) is 0.328. The lowest BCUT2D eigenvalue weighted by Crippen LogP contribution is -2.18. The van der Waals surface area contributed by atoms with Crippen LogP contribution in [0.15, 0.2) is 12.2 Å². The molecule has 7 heavy (non-hydrogen) atoms. The number of carbonyl (C=O) groups excluding carboxylic acids is 1. The molecule has 0 saturated heterocycles. The zero-order valence-electron chi connectivity index (χ0n) is 3.56. The van der Waals surface area contributed by atoms with Gasteiger partial charge in [0.05, 0.1) is 5.97 Å². The number of rotatable bonds is 2. The highest BCUT2D eigenvalue weighted by Gasteiger charge is 1.67. The Morgan fingerprint density at radius 2 is 2.43 bits per heavy atom. The summed E-state index contributed by atoms with van der Waals surface area (Å²) in [4.78, 5) is 9.54. The van der Waals surface area contributed by atoms with Gasteiger partial charge in [0.2, 0.25) is 0 Å². The van der Waals surface area contributed by atoms with Gasteiger partial charge in [0.1, 0.15) is 0 Å². The third-order valence-electron chi connectivity index (χ3n) is 0.343. The van der Waals surface area contributed by atoms with Crippen LogP contribution in [0.1, 0.15) is 0 Å². The van der Waals surface area contributed by atoms with E-state index in [0.717, 1.165) is 6.08 Å². The highest BCUT2D eigenvalue weighted by atomic mass is 79.9. The van der Waals surface area contributed by atoms with Crippen LogP contribution in [0.2, 0.25) is 0 Å². The third kappa shape index (κ3) is 5.69. The second-order valence-corrected chi connectivity index (χ2v) is 1.52. The van der Waals surface area contributed by atoms with Crippen LogP contribution in [0.5, 0.6) is 0 Å². The lowest BCUT2D eigenvalue weighted by atomic mass is 10.5. The van der Waals surface area contributed by atoms with E-state index in [4.69, 9.17) is 0 Å². The first-order chi connectivity index (χ1) is 3.27. The highest BCUT2D eigenvalue weighted by molar-refractivity contribution is 9.09.